The predicted molar refractivity (Wildman–Crippen MR) is 76.4 cm³/mol. The highest BCUT2D eigenvalue weighted by Gasteiger charge is 2.36. The maximum atomic E-state index is 12.7. The molecule has 2 fully saturated rings. The summed E-state index contributed by atoms with van der Waals surface area (Å²) in [6.45, 7) is 1.14. The van der Waals surface area contributed by atoms with E-state index in [1.54, 1.807) is 12.1 Å². The Morgan fingerprint density at radius 2 is 1.95 bits per heavy atom. The SMILES string of the molecule is O=C(O)c1cccc(C(=O)N2CCOC3CCCCC32)c1. The normalized spacial score (nSPS) is 25.2. The number of ether oxygens (including phenoxy) is 1. The van der Waals surface area contributed by atoms with Crippen LogP contribution in [0.3, 0.4) is 0 Å². The van der Waals surface area contributed by atoms with Gasteiger partial charge in [0.2, 0.25) is 0 Å². The van der Waals surface area contributed by atoms with Crippen LogP contribution < -0.4 is 0 Å². The van der Waals surface area contributed by atoms with Gasteiger partial charge in [-0.1, -0.05) is 18.9 Å². The van der Waals surface area contributed by atoms with Crippen LogP contribution in [0.25, 0.3) is 0 Å². The number of hydrogen-bond acceptors (Lipinski definition) is 3. The Morgan fingerprint density at radius 1 is 1.19 bits per heavy atom. The second-order valence-corrected chi connectivity index (χ2v) is 5.65. The van der Waals surface area contributed by atoms with Crippen LogP contribution in [0.5, 0.6) is 0 Å². The minimum absolute atomic E-state index is 0.0849. The molecule has 1 heterocycles. The highest BCUT2D eigenvalue weighted by molar-refractivity contribution is 5.97. The standard InChI is InChI=1S/C16H19NO4/c18-15(11-4-3-5-12(10-11)16(19)20)17-8-9-21-14-7-2-1-6-13(14)17/h3-5,10,13-14H,1-2,6-9H2,(H,19,20). The van der Waals surface area contributed by atoms with Gasteiger partial charge in [0.25, 0.3) is 5.91 Å². The van der Waals surface area contributed by atoms with E-state index in [0.29, 0.717) is 18.7 Å². The number of rotatable bonds is 2. The van der Waals surface area contributed by atoms with Crippen molar-refractivity contribution in [3.05, 3.63) is 35.4 Å². The molecule has 0 radical (unpaired) electrons. The summed E-state index contributed by atoms with van der Waals surface area (Å²) in [6, 6.07) is 6.39. The van der Waals surface area contributed by atoms with Crippen molar-refractivity contribution >= 4 is 11.9 Å². The fourth-order valence-corrected chi connectivity index (χ4v) is 3.30. The first-order chi connectivity index (χ1) is 10.2. The van der Waals surface area contributed by atoms with Crippen molar-refractivity contribution < 1.29 is 19.4 Å². The molecule has 21 heavy (non-hydrogen) atoms. The summed E-state index contributed by atoms with van der Waals surface area (Å²) in [5.41, 5.74) is 0.593. The molecule has 1 aromatic rings. The van der Waals surface area contributed by atoms with E-state index >= 15 is 0 Å². The second-order valence-electron chi connectivity index (χ2n) is 5.65. The van der Waals surface area contributed by atoms with E-state index in [0.717, 1.165) is 25.7 Å². The molecule has 1 amide bonds. The number of benzene rings is 1. The first-order valence-corrected chi connectivity index (χ1v) is 7.43. The Hall–Kier alpha value is -1.88. The van der Waals surface area contributed by atoms with E-state index in [1.807, 2.05) is 4.90 Å². The summed E-state index contributed by atoms with van der Waals surface area (Å²) in [5.74, 6) is -1.10. The van der Waals surface area contributed by atoms with E-state index in [-0.39, 0.29) is 23.6 Å². The van der Waals surface area contributed by atoms with Gasteiger partial charge in [-0.15, -0.1) is 0 Å². The fourth-order valence-electron chi connectivity index (χ4n) is 3.30. The quantitative estimate of drug-likeness (QED) is 0.906. The van der Waals surface area contributed by atoms with Crippen molar-refractivity contribution in [1.82, 2.24) is 4.90 Å². The zero-order chi connectivity index (χ0) is 14.8. The Labute approximate surface area is 123 Å². The maximum absolute atomic E-state index is 12.7. The van der Waals surface area contributed by atoms with Gasteiger partial charge in [0.05, 0.1) is 24.3 Å². The summed E-state index contributed by atoms with van der Waals surface area (Å²) in [5, 5.41) is 9.04. The number of aromatic carboxylic acids is 1. The number of fused-ring (bicyclic) bond motifs is 1. The summed E-state index contributed by atoms with van der Waals surface area (Å²) < 4.78 is 5.77. The summed E-state index contributed by atoms with van der Waals surface area (Å²) >= 11 is 0. The lowest BCUT2D eigenvalue weighted by Crippen LogP contribution is -2.54. The maximum Gasteiger partial charge on any atom is 0.335 e. The molecule has 3 rings (SSSR count). The average Bonchev–Trinajstić information content (AvgIpc) is 2.53. The van der Waals surface area contributed by atoms with E-state index in [1.165, 1.54) is 12.1 Å². The van der Waals surface area contributed by atoms with Crippen LogP contribution in [0.1, 0.15) is 46.4 Å². The monoisotopic (exact) mass is 289 g/mol. The van der Waals surface area contributed by atoms with E-state index in [2.05, 4.69) is 0 Å². The largest absolute Gasteiger partial charge is 0.478 e. The number of nitrogens with zero attached hydrogens (tertiary/aromatic N) is 1. The van der Waals surface area contributed by atoms with Gasteiger partial charge in [0, 0.05) is 12.1 Å². The highest BCUT2D eigenvalue weighted by Crippen LogP contribution is 2.29. The molecule has 1 aromatic carbocycles. The molecule has 0 bridgehead atoms. The van der Waals surface area contributed by atoms with Gasteiger partial charge >= 0.3 is 5.97 Å². The van der Waals surface area contributed by atoms with E-state index in [4.69, 9.17) is 9.84 Å². The molecule has 1 N–H and O–H groups in total. The third kappa shape index (κ3) is 2.78. The first kappa shape index (κ1) is 14.1. The number of carbonyl (C=O) groups is 2. The lowest BCUT2D eigenvalue weighted by molar-refractivity contribution is -0.0752. The minimum Gasteiger partial charge on any atom is -0.478 e. The number of amides is 1. The Balaban J connectivity index is 1.83. The van der Waals surface area contributed by atoms with Crippen molar-refractivity contribution in [2.75, 3.05) is 13.2 Å². The van der Waals surface area contributed by atoms with Gasteiger partial charge < -0.3 is 14.7 Å². The van der Waals surface area contributed by atoms with E-state index < -0.39 is 5.97 Å². The number of carboxylic acids is 1. The second kappa shape index (κ2) is 5.85. The number of morpholine rings is 1. The molecular formula is C16H19NO4. The Bertz CT molecular complexity index is 555. The molecule has 0 aromatic heterocycles. The lowest BCUT2D eigenvalue weighted by atomic mass is 9.89. The zero-order valence-electron chi connectivity index (χ0n) is 11.8. The van der Waals surface area contributed by atoms with Crippen molar-refractivity contribution in [1.29, 1.82) is 0 Å². The van der Waals surface area contributed by atoms with Crippen LogP contribution >= 0.6 is 0 Å². The molecule has 0 spiro atoms. The Kier molecular flexibility index (Phi) is 3.92. The van der Waals surface area contributed by atoms with Crippen molar-refractivity contribution in [3.8, 4) is 0 Å². The first-order valence-electron chi connectivity index (χ1n) is 7.43. The fraction of sp³-hybridized carbons (Fsp3) is 0.500. The van der Waals surface area contributed by atoms with Crippen LogP contribution in [-0.4, -0.2) is 47.2 Å². The molecular weight excluding hydrogens is 270 g/mol. The topological polar surface area (TPSA) is 66.8 Å². The lowest BCUT2D eigenvalue weighted by Gasteiger charge is -2.43. The highest BCUT2D eigenvalue weighted by atomic mass is 16.5. The molecule has 1 aliphatic carbocycles. The Morgan fingerprint density at radius 3 is 2.76 bits per heavy atom. The van der Waals surface area contributed by atoms with Gasteiger partial charge in [0.1, 0.15) is 0 Å². The molecule has 5 heteroatoms. The molecule has 1 saturated carbocycles. The average molecular weight is 289 g/mol. The molecule has 112 valence electrons. The molecule has 5 nitrogen and oxygen atoms in total. The van der Waals surface area contributed by atoms with Gasteiger partial charge in [-0.2, -0.15) is 0 Å². The molecule has 2 atom stereocenters. The van der Waals surface area contributed by atoms with Crippen molar-refractivity contribution in [3.63, 3.8) is 0 Å². The molecule has 1 saturated heterocycles. The minimum atomic E-state index is -1.01. The van der Waals surface area contributed by atoms with Crippen LogP contribution in [0.15, 0.2) is 24.3 Å². The van der Waals surface area contributed by atoms with Gasteiger partial charge in [-0.25, -0.2) is 4.79 Å². The zero-order valence-corrected chi connectivity index (χ0v) is 11.8. The number of carboxylic acid groups (broad SMARTS) is 1. The van der Waals surface area contributed by atoms with Gasteiger partial charge in [0.15, 0.2) is 0 Å². The van der Waals surface area contributed by atoms with Crippen LogP contribution in [0, 0.1) is 0 Å². The predicted octanol–water partition coefficient (Wildman–Crippen LogP) is 2.17. The van der Waals surface area contributed by atoms with Crippen LogP contribution in [0.2, 0.25) is 0 Å². The van der Waals surface area contributed by atoms with Crippen LogP contribution in [0.4, 0.5) is 0 Å². The smallest absolute Gasteiger partial charge is 0.335 e. The van der Waals surface area contributed by atoms with Crippen molar-refractivity contribution in [2.45, 2.75) is 37.8 Å². The third-order valence-electron chi connectivity index (χ3n) is 4.35. The number of hydrogen-bond donors (Lipinski definition) is 1. The molecule has 1 aliphatic heterocycles. The van der Waals surface area contributed by atoms with Crippen molar-refractivity contribution in [2.24, 2.45) is 0 Å². The molecule has 2 unspecified atom stereocenters. The molecule has 2 aliphatic rings. The summed E-state index contributed by atoms with van der Waals surface area (Å²) in [4.78, 5) is 25.6. The van der Waals surface area contributed by atoms with Crippen LogP contribution in [-0.2, 0) is 4.74 Å². The number of carbonyl (C=O) groups excluding carboxylic acids is 1. The van der Waals surface area contributed by atoms with Gasteiger partial charge in [-0.05, 0) is 31.0 Å². The van der Waals surface area contributed by atoms with E-state index in [9.17, 15) is 9.59 Å². The third-order valence-corrected chi connectivity index (χ3v) is 4.35. The summed E-state index contributed by atoms with van der Waals surface area (Å²) in [7, 11) is 0. The summed E-state index contributed by atoms with van der Waals surface area (Å²) in [6.07, 6.45) is 4.37. The van der Waals surface area contributed by atoms with Gasteiger partial charge in [-0.3, -0.25) is 4.79 Å².